The largest absolute Gasteiger partial charge is 0.478 e. The van der Waals surface area contributed by atoms with Crippen molar-refractivity contribution in [2.24, 2.45) is 0 Å². The van der Waals surface area contributed by atoms with Gasteiger partial charge in [-0.1, -0.05) is 23.7 Å². The highest BCUT2D eigenvalue weighted by molar-refractivity contribution is 6.35. The lowest BCUT2D eigenvalue weighted by Gasteiger charge is -2.35. The van der Waals surface area contributed by atoms with Crippen molar-refractivity contribution in [1.82, 2.24) is 19.4 Å². The molecule has 3 atom stereocenters. The predicted molar refractivity (Wildman–Crippen MR) is 161 cm³/mol. The second-order valence-corrected chi connectivity index (χ2v) is 12.0. The Bertz CT molecular complexity index is 1850. The van der Waals surface area contributed by atoms with E-state index in [0.717, 1.165) is 71.7 Å². The third-order valence-corrected chi connectivity index (χ3v) is 9.31. The molecule has 5 aromatic rings. The standard InChI is InChI=1S/C32H30ClN5O5/c33-25-6-4-20(31-24(25)9-11-42-31)18-43-30-3-1-2-28(35-30)37-15-21-13-22(37)14-36(21)17-29-34-26-7-5-19(32(39)40)12-27(26)38(29)16-23-8-10-41-23/h1-7,9,11-12,21-23H,8,10,13-18H2,(H,39,40)/t21?,22?,23-/m0/s1. The first-order valence-electron chi connectivity index (χ1n) is 14.6. The van der Waals surface area contributed by atoms with E-state index in [9.17, 15) is 9.90 Å². The number of imidazole rings is 1. The molecule has 3 aliphatic rings. The number of fused-ring (bicyclic) bond motifs is 4. The van der Waals surface area contributed by atoms with Crippen molar-refractivity contribution in [3.8, 4) is 5.88 Å². The lowest BCUT2D eigenvalue weighted by Crippen LogP contribution is -2.46. The van der Waals surface area contributed by atoms with Gasteiger partial charge in [-0.15, -0.1) is 0 Å². The average molecular weight is 600 g/mol. The minimum atomic E-state index is -0.934. The van der Waals surface area contributed by atoms with Gasteiger partial charge in [0, 0.05) is 48.8 Å². The second-order valence-electron chi connectivity index (χ2n) is 11.5. The maximum Gasteiger partial charge on any atom is 0.335 e. The van der Waals surface area contributed by atoms with Crippen molar-refractivity contribution in [1.29, 1.82) is 0 Å². The third kappa shape index (κ3) is 4.79. The molecule has 0 radical (unpaired) electrons. The molecular weight excluding hydrogens is 570 g/mol. The Morgan fingerprint density at radius 2 is 2.00 bits per heavy atom. The number of pyridine rings is 1. The van der Waals surface area contributed by atoms with Crippen LogP contribution < -0.4 is 9.64 Å². The number of benzene rings is 2. The van der Waals surface area contributed by atoms with Crippen molar-refractivity contribution < 1.29 is 23.8 Å². The summed E-state index contributed by atoms with van der Waals surface area (Å²) in [5.41, 5.74) is 3.59. The number of carboxylic acid groups (broad SMARTS) is 1. The zero-order valence-electron chi connectivity index (χ0n) is 23.4. The van der Waals surface area contributed by atoms with Gasteiger partial charge in [0.15, 0.2) is 0 Å². The van der Waals surface area contributed by atoms with E-state index in [4.69, 9.17) is 35.5 Å². The monoisotopic (exact) mass is 599 g/mol. The molecule has 8 rings (SSSR count). The Morgan fingerprint density at radius 1 is 1.09 bits per heavy atom. The number of hydrogen-bond acceptors (Lipinski definition) is 8. The molecule has 3 fully saturated rings. The van der Waals surface area contributed by atoms with Crippen molar-refractivity contribution in [2.75, 3.05) is 24.6 Å². The summed E-state index contributed by atoms with van der Waals surface area (Å²) in [7, 11) is 0. The highest BCUT2D eigenvalue weighted by Gasteiger charge is 2.44. The average Bonchev–Trinajstić information content (AvgIpc) is 3.78. The lowest BCUT2D eigenvalue weighted by atomic mass is 10.1. The normalized spacial score (nSPS) is 21.6. The molecule has 0 spiro atoms. The molecule has 2 unspecified atom stereocenters. The van der Waals surface area contributed by atoms with E-state index in [1.54, 1.807) is 18.4 Å². The Kier molecular flexibility index (Phi) is 6.50. The van der Waals surface area contributed by atoms with E-state index in [1.807, 2.05) is 42.5 Å². The summed E-state index contributed by atoms with van der Waals surface area (Å²) < 4.78 is 19.6. The third-order valence-electron chi connectivity index (χ3n) is 8.98. The van der Waals surface area contributed by atoms with Gasteiger partial charge in [0.05, 0.1) is 47.1 Å². The number of rotatable bonds is 9. The summed E-state index contributed by atoms with van der Waals surface area (Å²) in [4.78, 5) is 26.3. The first-order valence-corrected chi connectivity index (χ1v) is 15.0. The molecule has 10 nitrogen and oxygen atoms in total. The Morgan fingerprint density at radius 3 is 2.79 bits per heavy atom. The van der Waals surface area contributed by atoms with E-state index in [2.05, 4.69) is 14.4 Å². The molecule has 3 aromatic heterocycles. The van der Waals surface area contributed by atoms with Gasteiger partial charge in [0.2, 0.25) is 5.88 Å². The molecule has 0 aliphatic carbocycles. The molecule has 3 saturated heterocycles. The number of aromatic nitrogens is 3. The number of anilines is 1. The van der Waals surface area contributed by atoms with Crippen molar-refractivity contribution in [3.63, 3.8) is 0 Å². The van der Waals surface area contributed by atoms with E-state index in [-0.39, 0.29) is 11.7 Å². The molecule has 6 heterocycles. The number of hydrogen-bond donors (Lipinski definition) is 1. The van der Waals surface area contributed by atoms with Gasteiger partial charge >= 0.3 is 5.97 Å². The van der Waals surface area contributed by atoms with Crippen LogP contribution in [0.1, 0.15) is 34.6 Å². The van der Waals surface area contributed by atoms with Gasteiger partial charge < -0.3 is 28.5 Å². The Balaban J connectivity index is 0.968. The summed E-state index contributed by atoms with van der Waals surface area (Å²) in [6.45, 7) is 4.27. The fraction of sp³-hybridized carbons (Fsp3) is 0.344. The molecule has 0 saturated carbocycles. The maximum atomic E-state index is 11.6. The van der Waals surface area contributed by atoms with Crippen LogP contribution in [0.2, 0.25) is 5.02 Å². The van der Waals surface area contributed by atoms with Gasteiger partial charge in [-0.3, -0.25) is 4.90 Å². The van der Waals surface area contributed by atoms with Crippen LogP contribution >= 0.6 is 11.6 Å². The number of halogens is 1. The summed E-state index contributed by atoms with van der Waals surface area (Å²) in [5, 5.41) is 11.1. The summed E-state index contributed by atoms with van der Waals surface area (Å²) in [6, 6.07) is 17.4. The molecule has 43 heavy (non-hydrogen) atoms. The van der Waals surface area contributed by atoms with Crippen LogP contribution in [0.15, 0.2) is 65.3 Å². The van der Waals surface area contributed by atoms with Crippen LogP contribution in [-0.4, -0.2) is 68.4 Å². The minimum Gasteiger partial charge on any atom is -0.478 e. The number of furan rings is 1. The van der Waals surface area contributed by atoms with Crippen LogP contribution in [0.5, 0.6) is 5.88 Å². The second kappa shape index (κ2) is 10.6. The fourth-order valence-corrected chi connectivity index (χ4v) is 6.87. The zero-order valence-corrected chi connectivity index (χ0v) is 24.1. The van der Waals surface area contributed by atoms with Gasteiger partial charge in [-0.05, 0) is 49.2 Å². The molecule has 3 aliphatic heterocycles. The first-order chi connectivity index (χ1) is 21.0. The van der Waals surface area contributed by atoms with Gasteiger partial charge in [0.1, 0.15) is 23.8 Å². The van der Waals surface area contributed by atoms with Crippen LogP contribution in [-0.2, 0) is 24.4 Å². The molecule has 0 amide bonds. The SMILES string of the molecule is O=C(O)c1ccc2nc(CN3CC4CC3CN4c3cccc(OCc4ccc(Cl)c5ccoc45)n3)n(C[C@@H]3CCO3)c2c1. The van der Waals surface area contributed by atoms with Crippen LogP contribution in [0.3, 0.4) is 0 Å². The number of carbonyl (C=O) groups is 1. The first kappa shape index (κ1) is 26.5. The van der Waals surface area contributed by atoms with Gasteiger partial charge in [0.25, 0.3) is 0 Å². The lowest BCUT2D eigenvalue weighted by molar-refractivity contribution is -0.0592. The van der Waals surface area contributed by atoms with Crippen LogP contribution in [0, 0.1) is 0 Å². The van der Waals surface area contributed by atoms with E-state index < -0.39 is 5.97 Å². The molecular formula is C32H30ClN5O5. The van der Waals surface area contributed by atoms with Gasteiger partial charge in [-0.2, -0.15) is 4.98 Å². The predicted octanol–water partition coefficient (Wildman–Crippen LogP) is 5.36. The molecule has 1 N–H and O–H groups in total. The minimum absolute atomic E-state index is 0.139. The summed E-state index contributed by atoms with van der Waals surface area (Å²) >= 11 is 6.29. The Labute approximate surface area is 252 Å². The van der Waals surface area contributed by atoms with E-state index >= 15 is 0 Å². The van der Waals surface area contributed by atoms with Crippen LogP contribution in [0.25, 0.3) is 22.0 Å². The zero-order chi connectivity index (χ0) is 29.1. The number of likely N-dealkylation sites (tertiary alicyclic amines) is 1. The smallest absolute Gasteiger partial charge is 0.335 e. The number of carboxylic acids is 1. The topological polar surface area (TPSA) is 106 Å². The molecule has 2 aromatic carbocycles. The molecule has 11 heteroatoms. The highest BCUT2D eigenvalue weighted by atomic mass is 35.5. The Hall–Kier alpha value is -4.12. The number of nitrogens with zero attached hydrogens (tertiary/aromatic N) is 5. The fourth-order valence-electron chi connectivity index (χ4n) is 6.66. The van der Waals surface area contributed by atoms with E-state index in [0.29, 0.717) is 42.7 Å². The highest BCUT2D eigenvalue weighted by Crippen LogP contribution is 2.36. The number of ether oxygens (including phenoxy) is 2. The molecule has 2 bridgehead atoms. The van der Waals surface area contributed by atoms with Crippen LogP contribution in [0.4, 0.5) is 5.82 Å². The number of aromatic carboxylic acids is 1. The summed E-state index contributed by atoms with van der Waals surface area (Å²) in [6.07, 6.45) is 3.84. The quantitative estimate of drug-likeness (QED) is 0.240. The molecule has 220 valence electrons. The number of piperazine rings is 1. The van der Waals surface area contributed by atoms with Crippen molar-refractivity contribution in [3.05, 3.63) is 82.8 Å². The maximum absolute atomic E-state index is 11.6. The summed E-state index contributed by atoms with van der Waals surface area (Å²) in [5.74, 6) is 1.50. The van der Waals surface area contributed by atoms with Gasteiger partial charge in [-0.25, -0.2) is 9.78 Å². The van der Waals surface area contributed by atoms with Crippen molar-refractivity contribution in [2.45, 2.75) is 50.7 Å². The van der Waals surface area contributed by atoms with Crippen molar-refractivity contribution >= 4 is 45.4 Å². The van der Waals surface area contributed by atoms with E-state index in [1.165, 1.54) is 0 Å².